The third kappa shape index (κ3) is 2.26. The fraction of sp³-hybridized carbons (Fsp3) is 0.308. The van der Waals surface area contributed by atoms with E-state index in [2.05, 4.69) is 5.32 Å². The summed E-state index contributed by atoms with van der Waals surface area (Å²) in [6, 6.07) is 11.1. The molecule has 0 unspecified atom stereocenters. The molecule has 0 radical (unpaired) electrons. The second-order valence-corrected chi connectivity index (χ2v) is 4.19. The zero-order valence-electron chi connectivity index (χ0n) is 9.23. The summed E-state index contributed by atoms with van der Waals surface area (Å²) in [6.07, 6.45) is 1.29. The minimum Gasteiger partial charge on any atom is -0.351 e. The van der Waals surface area contributed by atoms with E-state index in [4.69, 9.17) is 10.5 Å². The normalized spacial score (nSPS) is 15.4. The number of hydrogen-bond acceptors (Lipinski definition) is 3. The quantitative estimate of drug-likeness (QED) is 0.846. The van der Waals surface area contributed by atoms with Crippen LogP contribution in [-0.2, 0) is 11.3 Å². The lowest BCUT2D eigenvalue weighted by molar-refractivity contribution is -0.124. The molecule has 1 amide bonds. The summed E-state index contributed by atoms with van der Waals surface area (Å²) >= 11 is 0. The molecule has 4 nitrogen and oxygen atoms in total. The molecule has 0 heterocycles. The van der Waals surface area contributed by atoms with E-state index >= 15 is 0 Å². The number of rotatable bonds is 3. The monoisotopic (exact) mass is 225 g/mol. The van der Waals surface area contributed by atoms with Crippen molar-refractivity contribution in [2.45, 2.75) is 19.4 Å². The van der Waals surface area contributed by atoms with Crippen LogP contribution in [0.3, 0.4) is 0 Å². The SMILES string of the molecule is N#Cc1cccc(CNC(=O)C2(C#N)CC2)c1. The van der Waals surface area contributed by atoms with Gasteiger partial charge in [-0.25, -0.2) is 0 Å². The van der Waals surface area contributed by atoms with Gasteiger partial charge in [0.2, 0.25) is 5.91 Å². The van der Waals surface area contributed by atoms with Gasteiger partial charge in [0.25, 0.3) is 0 Å². The van der Waals surface area contributed by atoms with E-state index in [0.717, 1.165) is 5.56 Å². The van der Waals surface area contributed by atoms with E-state index in [0.29, 0.717) is 24.9 Å². The molecule has 0 aliphatic heterocycles. The van der Waals surface area contributed by atoms with Crippen molar-refractivity contribution in [3.63, 3.8) is 0 Å². The van der Waals surface area contributed by atoms with E-state index in [-0.39, 0.29) is 5.91 Å². The largest absolute Gasteiger partial charge is 0.351 e. The Balaban J connectivity index is 1.97. The van der Waals surface area contributed by atoms with Crippen molar-refractivity contribution in [3.8, 4) is 12.1 Å². The number of benzene rings is 1. The zero-order chi connectivity index (χ0) is 12.3. The Bertz CT molecular complexity index is 532. The van der Waals surface area contributed by atoms with Gasteiger partial charge in [-0.3, -0.25) is 4.79 Å². The van der Waals surface area contributed by atoms with Crippen molar-refractivity contribution in [2.24, 2.45) is 5.41 Å². The van der Waals surface area contributed by atoms with Gasteiger partial charge < -0.3 is 5.32 Å². The van der Waals surface area contributed by atoms with Crippen LogP contribution in [-0.4, -0.2) is 5.91 Å². The summed E-state index contributed by atoms with van der Waals surface area (Å²) in [5.74, 6) is -0.206. The number of nitrogens with zero attached hydrogens (tertiary/aromatic N) is 2. The summed E-state index contributed by atoms with van der Waals surface area (Å²) in [5.41, 5.74) is 0.650. The molecule has 1 N–H and O–H groups in total. The Morgan fingerprint density at radius 2 is 2.18 bits per heavy atom. The minimum absolute atomic E-state index is 0.206. The fourth-order valence-electron chi connectivity index (χ4n) is 1.62. The highest BCUT2D eigenvalue weighted by atomic mass is 16.2. The van der Waals surface area contributed by atoms with Crippen LogP contribution < -0.4 is 5.32 Å². The Kier molecular flexibility index (Phi) is 2.80. The Morgan fingerprint density at radius 1 is 1.41 bits per heavy atom. The van der Waals surface area contributed by atoms with E-state index < -0.39 is 5.41 Å². The number of amides is 1. The van der Waals surface area contributed by atoms with Gasteiger partial charge in [-0.2, -0.15) is 10.5 Å². The summed E-state index contributed by atoms with van der Waals surface area (Å²) in [4.78, 5) is 11.7. The molecule has 1 aliphatic rings. The van der Waals surface area contributed by atoms with Gasteiger partial charge in [0, 0.05) is 6.54 Å². The first-order valence-electron chi connectivity index (χ1n) is 5.39. The van der Waals surface area contributed by atoms with Gasteiger partial charge in [-0.1, -0.05) is 12.1 Å². The predicted molar refractivity (Wildman–Crippen MR) is 60.3 cm³/mol. The Labute approximate surface area is 99.5 Å². The summed E-state index contributed by atoms with van der Waals surface area (Å²) in [5, 5.41) is 20.3. The van der Waals surface area contributed by atoms with Crippen LogP contribution in [0.5, 0.6) is 0 Å². The summed E-state index contributed by atoms with van der Waals surface area (Å²) < 4.78 is 0. The predicted octanol–water partition coefficient (Wildman–Crippen LogP) is 1.48. The third-order valence-corrected chi connectivity index (χ3v) is 2.91. The first-order valence-corrected chi connectivity index (χ1v) is 5.39. The highest BCUT2D eigenvalue weighted by Crippen LogP contribution is 2.44. The number of nitriles is 2. The smallest absolute Gasteiger partial charge is 0.240 e. The van der Waals surface area contributed by atoms with Crippen molar-refractivity contribution in [1.29, 1.82) is 10.5 Å². The Morgan fingerprint density at radius 3 is 2.76 bits per heavy atom. The molecular weight excluding hydrogens is 214 g/mol. The molecule has 0 saturated heterocycles. The number of hydrogen-bond donors (Lipinski definition) is 1. The maximum Gasteiger partial charge on any atom is 0.240 e. The van der Waals surface area contributed by atoms with Crippen LogP contribution in [0.2, 0.25) is 0 Å². The molecule has 0 spiro atoms. The van der Waals surface area contributed by atoms with E-state index in [1.165, 1.54) is 0 Å². The summed E-state index contributed by atoms with van der Waals surface area (Å²) in [7, 11) is 0. The van der Waals surface area contributed by atoms with Gasteiger partial charge in [-0.05, 0) is 30.5 Å². The minimum atomic E-state index is -0.785. The molecule has 0 bridgehead atoms. The van der Waals surface area contributed by atoms with Crippen LogP contribution in [0.15, 0.2) is 24.3 Å². The number of nitrogens with one attached hydrogen (secondary N) is 1. The first-order chi connectivity index (χ1) is 8.20. The zero-order valence-corrected chi connectivity index (χ0v) is 9.23. The second kappa shape index (κ2) is 4.27. The maximum atomic E-state index is 11.7. The van der Waals surface area contributed by atoms with Gasteiger partial charge in [-0.15, -0.1) is 0 Å². The van der Waals surface area contributed by atoms with Crippen LogP contribution in [0.25, 0.3) is 0 Å². The average molecular weight is 225 g/mol. The molecule has 17 heavy (non-hydrogen) atoms. The molecule has 1 aromatic carbocycles. The first kappa shape index (κ1) is 11.2. The lowest BCUT2D eigenvalue weighted by Crippen LogP contribution is -2.30. The molecule has 1 aromatic rings. The molecule has 0 atom stereocenters. The highest BCUT2D eigenvalue weighted by Gasteiger charge is 2.50. The lowest BCUT2D eigenvalue weighted by atomic mass is 10.1. The van der Waals surface area contributed by atoms with Crippen molar-refractivity contribution in [1.82, 2.24) is 5.32 Å². The fourth-order valence-corrected chi connectivity index (χ4v) is 1.62. The van der Waals surface area contributed by atoms with Gasteiger partial charge in [0.15, 0.2) is 0 Å². The third-order valence-electron chi connectivity index (χ3n) is 2.91. The molecule has 1 saturated carbocycles. The lowest BCUT2D eigenvalue weighted by Gasteiger charge is -2.08. The van der Waals surface area contributed by atoms with E-state index in [1.807, 2.05) is 18.2 Å². The van der Waals surface area contributed by atoms with Crippen LogP contribution in [0.4, 0.5) is 0 Å². The molecule has 1 fully saturated rings. The van der Waals surface area contributed by atoms with Gasteiger partial charge in [0.05, 0.1) is 17.7 Å². The van der Waals surface area contributed by atoms with Crippen LogP contribution in [0, 0.1) is 28.1 Å². The molecule has 84 valence electrons. The standard InChI is InChI=1S/C13H11N3O/c14-7-10-2-1-3-11(6-10)8-16-12(17)13(9-15)4-5-13/h1-3,6H,4-5,8H2,(H,16,17). The summed E-state index contributed by atoms with van der Waals surface area (Å²) in [6.45, 7) is 0.359. The van der Waals surface area contributed by atoms with Crippen molar-refractivity contribution in [3.05, 3.63) is 35.4 Å². The average Bonchev–Trinajstić information content (AvgIpc) is 3.17. The van der Waals surface area contributed by atoms with Crippen molar-refractivity contribution in [2.75, 3.05) is 0 Å². The molecule has 4 heteroatoms. The highest BCUT2D eigenvalue weighted by molar-refractivity contribution is 5.88. The number of carbonyl (C=O) groups is 1. The van der Waals surface area contributed by atoms with Gasteiger partial charge in [0.1, 0.15) is 5.41 Å². The van der Waals surface area contributed by atoms with E-state index in [1.54, 1.807) is 18.2 Å². The van der Waals surface area contributed by atoms with E-state index in [9.17, 15) is 4.79 Å². The Hall–Kier alpha value is -2.33. The topological polar surface area (TPSA) is 76.7 Å². The maximum absolute atomic E-state index is 11.7. The van der Waals surface area contributed by atoms with Crippen molar-refractivity contribution < 1.29 is 4.79 Å². The molecule has 1 aliphatic carbocycles. The van der Waals surface area contributed by atoms with Crippen LogP contribution >= 0.6 is 0 Å². The van der Waals surface area contributed by atoms with Gasteiger partial charge >= 0.3 is 0 Å². The van der Waals surface area contributed by atoms with Crippen molar-refractivity contribution >= 4 is 5.91 Å². The molecular formula is C13H11N3O. The second-order valence-electron chi connectivity index (χ2n) is 4.19. The number of carbonyl (C=O) groups excluding carboxylic acids is 1. The molecule has 2 rings (SSSR count). The molecule has 0 aromatic heterocycles. The van der Waals surface area contributed by atoms with Crippen LogP contribution in [0.1, 0.15) is 24.0 Å².